The van der Waals surface area contributed by atoms with Crippen LogP contribution in [0, 0.1) is 34.6 Å². The van der Waals surface area contributed by atoms with E-state index >= 15 is 0 Å². The van der Waals surface area contributed by atoms with E-state index in [4.69, 9.17) is 4.74 Å². The molecule has 2 aromatic heterocycles. The van der Waals surface area contributed by atoms with Gasteiger partial charge < -0.3 is 10.1 Å². The van der Waals surface area contributed by atoms with Crippen LogP contribution in [0.5, 0.6) is 11.6 Å². The highest BCUT2D eigenvalue weighted by Gasteiger charge is 2.11. The first kappa shape index (κ1) is 21.2. The Balaban J connectivity index is 1.49. The van der Waals surface area contributed by atoms with Crippen molar-refractivity contribution in [1.82, 2.24) is 19.7 Å². The molecule has 0 aliphatic heterocycles. The number of ether oxygens (including phenoxy) is 1. The summed E-state index contributed by atoms with van der Waals surface area (Å²) in [4.78, 5) is 21.4. The monoisotopic (exact) mass is 427 g/mol. The number of aryl methyl sites for hydroxylation is 5. The number of carbonyl (C=O) groups excluding carboxylic acids is 1. The number of carbonyl (C=O) groups is 1. The Kier molecular flexibility index (Phi) is 5.73. The quantitative estimate of drug-likeness (QED) is 0.470. The summed E-state index contributed by atoms with van der Waals surface area (Å²) in [5.74, 6) is 2.12. The lowest BCUT2D eigenvalue weighted by atomic mass is 10.1. The van der Waals surface area contributed by atoms with Gasteiger partial charge in [0.2, 0.25) is 5.88 Å². The van der Waals surface area contributed by atoms with Crippen LogP contribution in [0.4, 0.5) is 5.69 Å². The molecule has 162 valence electrons. The summed E-state index contributed by atoms with van der Waals surface area (Å²) in [6, 6.07) is 16.7. The highest BCUT2D eigenvalue weighted by molar-refractivity contribution is 6.05. The van der Waals surface area contributed by atoms with Crippen LogP contribution in [0.3, 0.4) is 0 Å². The van der Waals surface area contributed by atoms with Gasteiger partial charge in [0.05, 0.1) is 5.69 Å². The zero-order chi connectivity index (χ0) is 22.8. The van der Waals surface area contributed by atoms with Crippen molar-refractivity contribution in [3.63, 3.8) is 0 Å². The van der Waals surface area contributed by atoms with Crippen molar-refractivity contribution in [3.8, 4) is 17.4 Å². The number of hydrogen-bond acceptors (Lipinski definition) is 5. The molecule has 0 bridgehead atoms. The average Bonchev–Trinajstić information content (AvgIpc) is 3.07. The second-order valence-electron chi connectivity index (χ2n) is 7.85. The van der Waals surface area contributed by atoms with Crippen LogP contribution in [-0.2, 0) is 0 Å². The second kappa shape index (κ2) is 8.63. The van der Waals surface area contributed by atoms with Gasteiger partial charge in [-0.3, -0.25) is 4.79 Å². The molecule has 2 aromatic carbocycles. The Morgan fingerprint density at radius 1 is 0.906 bits per heavy atom. The fourth-order valence-electron chi connectivity index (χ4n) is 3.54. The van der Waals surface area contributed by atoms with Crippen molar-refractivity contribution in [3.05, 3.63) is 88.5 Å². The zero-order valence-corrected chi connectivity index (χ0v) is 18.8. The summed E-state index contributed by atoms with van der Waals surface area (Å²) in [7, 11) is 0. The standard InChI is InChI=1S/C25H25N5O2/c1-15-6-11-22(16(2)12-15)25(31)28-20-7-9-21(10-8-20)32-24-14-23(26-19(5)27-24)30-18(4)13-17(3)29-30/h6-14H,1-5H3,(H,28,31). The number of anilines is 1. The van der Waals surface area contributed by atoms with Gasteiger partial charge >= 0.3 is 0 Å². The summed E-state index contributed by atoms with van der Waals surface area (Å²) < 4.78 is 7.71. The fraction of sp³-hybridized carbons (Fsp3) is 0.200. The number of nitrogens with zero attached hydrogens (tertiary/aromatic N) is 4. The maximum absolute atomic E-state index is 12.6. The van der Waals surface area contributed by atoms with Gasteiger partial charge in [0.25, 0.3) is 5.91 Å². The SMILES string of the molecule is Cc1ccc(C(=O)Nc2ccc(Oc3cc(-n4nc(C)cc4C)nc(C)n3)cc2)c(C)c1. The maximum Gasteiger partial charge on any atom is 0.255 e. The maximum atomic E-state index is 12.6. The Bertz CT molecular complexity index is 1290. The van der Waals surface area contributed by atoms with Crippen LogP contribution in [0.2, 0.25) is 0 Å². The van der Waals surface area contributed by atoms with E-state index in [1.807, 2.05) is 58.9 Å². The molecular formula is C25H25N5O2. The molecule has 4 rings (SSSR count). The lowest BCUT2D eigenvalue weighted by Crippen LogP contribution is -2.13. The molecule has 0 saturated carbocycles. The molecule has 2 heterocycles. The first-order valence-electron chi connectivity index (χ1n) is 10.3. The molecular weight excluding hydrogens is 402 g/mol. The highest BCUT2D eigenvalue weighted by atomic mass is 16.5. The Morgan fingerprint density at radius 2 is 1.66 bits per heavy atom. The van der Waals surface area contributed by atoms with Gasteiger partial charge in [0.1, 0.15) is 11.6 Å². The lowest BCUT2D eigenvalue weighted by Gasteiger charge is -2.11. The summed E-state index contributed by atoms with van der Waals surface area (Å²) in [5.41, 5.74) is 5.31. The van der Waals surface area contributed by atoms with E-state index in [1.165, 1.54) is 0 Å². The molecule has 1 amide bonds. The van der Waals surface area contributed by atoms with E-state index in [9.17, 15) is 4.79 Å². The molecule has 0 unspecified atom stereocenters. The molecule has 7 nitrogen and oxygen atoms in total. The second-order valence-corrected chi connectivity index (χ2v) is 7.85. The average molecular weight is 428 g/mol. The van der Waals surface area contributed by atoms with E-state index in [1.54, 1.807) is 35.0 Å². The van der Waals surface area contributed by atoms with Crippen LogP contribution >= 0.6 is 0 Å². The summed E-state index contributed by atoms with van der Waals surface area (Å²) >= 11 is 0. The van der Waals surface area contributed by atoms with Gasteiger partial charge in [-0.25, -0.2) is 9.67 Å². The lowest BCUT2D eigenvalue weighted by molar-refractivity contribution is 0.102. The highest BCUT2D eigenvalue weighted by Crippen LogP contribution is 2.24. The van der Waals surface area contributed by atoms with Crippen molar-refractivity contribution in [1.29, 1.82) is 0 Å². The molecule has 0 fully saturated rings. The van der Waals surface area contributed by atoms with Gasteiger partial charge in [-0.1, -0.05) is 17.7 Å². The van der Waals surface area contributed by atoms with Crippen LogP contribution in [-0.4, -0.2) is 25.7 Å². The smallest absolute Gasteiger partial charge is 0.255 e. The van der Waals surface area contributed by atoms with Crippen LogP contribution < -0.4 is 10.1 Å². The summed E-state index contributed by atoms with van der Waals surface area (Å²) in [6.45, 7) is 9.67. The predicted octanol–water partition coefficient (Wildman–Crippen LogP) is 5.25. The Morgan fingerprint density at radius 3 is 2.31 bits per heavy atom. The minimum Gasteiger partial charge on any atom is -0.439 e. The molecule has 0 aliphatic rings. The van der Waals surface area contributed by atoms with Gasteiger partial charge in [-0.15, -0.1) is 0 Å². The number of benzene rings is 2. The van der Waals surface area contributed by atoms with Gasteiger partial charge in [0, 0.05) is 23.0 Å². The molecule has 4 aromatic rings. The van der Waals surface area contributed by atoms with E-state index in [-0.39, 0.29) is 5.91 Å². The first-order valence-corrected chi connectivity index (χ1v) is 10.3. The summed E-state index contributed by atoms with van der Waals surface area (Å²) in [5, 5.41) is 7.40. The number of nitrogens with one attached hydrogen (secondary N) is 1. The van der Waals surface area contributed by atoms with E-state index in [0.717, 1.165) is 22.5 Å². The first-order chi connectivity index (χ1) is 15.3. The van der Waals surface area contributed by atoms with E-state index in [0.29, 0.717) is 34.5 Å². The number of rotatable bonds is 5. The number of amides is 1. The number of aromatic nitrogens is 4. The minimum absolute atomic E-state index is 0.142. The van der Waals surface area contributed by atoms with Crippen LogP contribution in [0.15, 0.2) is 54.6 Å². The third kappa shape index (κ3) is 4.67. The molecule has 0 aliphatic carbocycles. The molecule has 1 N–H and O–H groups in total. The van der Waals surface area contributed by atoms with Crippen molar-refractivity contribution in [2.24, 2.45) is 0 Å². The zero-order valence-electron chi connectivity index (χ0n) is 18.8. The van der Waals surface area contributed by atoms with Crippen molar-refractivity contribution < 1.29 is 9.53 Å². The molecule has 0 atom stereocenters. The largest absolute Gasteiger partial charge is 0.439 e. The Labute approximate surface area is 187 Å². The van der Waals surface area contributed by atoms with Crippen molar-refractivity contribution in [2.75, 3.05) is 5.32 Å². The minimum atomic E-state index is -0.142. The van der Waals surface area contributed by atoms with Gasteiger partial charge in [0.15, 0.2) is 5.82 Å². The van der Waals surface area contributed by atoms with Gasteiger partial charge in [-0.2, -0.15) is 10.1 Å². The fourth-order valence-corrected chi connectivity index (χ4v) is 3.54. The Hall–Kier alpha value is -4.00. The molecule has 0 radical (unpaired) electrons. The molecule has 7 heteroatoms. The predicted molar refractivity (Wildman–Crippen MR) is 124 cm³/mol. The van der Waals surface area contributed by atoms with E-state index in [2.05, 4.69) is 20.4 Å². The molecule has 32 heavy (non-hydrogen) atoms. The number of hydrogen-bond donors (Lipinski definition) is 1. The van der Waals surface area contributed by atoms with Crippen molar-refractivity contribution in [2.45, 2.75) is 34.6 Å². The van der Waals surface area contributed by atoms with Crippen LogP contribution in [0.25, 0.3) is 5.82 Å². The van der Waals surface area contributed by atoms with Crippen LogP contribution in [0.1, 0.15) is 38.7 Å². The molecule has 0 spiro atoms. The topological polar surface area (TPSA) is 81.9 Å². The molecule has 0 saturated heterocycles. The van der Waals surface area contributed by atoms with Gasteiger partial charge in [-0.05, 0) is 76.6 Å². The van der Waals surface area contributed by atoms with E-state index < -0.39 is 0 Å². The van der Waals surface area contributed by atoms with Crippen molar-refractivity contribution >= 4 is 11.6 Å². The summed E-state index contributed by atoms with van der Waals surface area (Å²) in [6.07, 6.45) is 0. The normalized spacial score (nSPS) is 10.8. The third-order valence-electron chi connectivity index (χ3n) is 4.99. The third-order valence-corrected chi connectivity index (χ3v) is 4.99.